The Labute approximate surface area is 174 Å². The minimum Gasteiger partial charge on any atom is -0.400 e. The van der Waals surface area contributed by atoms with E-state index in [0.717, 1.165) is 24.8 Å². The molecule has 0 bridgehead atoms. The molecule has 1 heterocycles. The quantitative estimate of drug-likeness (QED) is 0.405. The smallest absolute Gasteiger partial charge is 0.162 e. The van der Waals surface area contributed by atoms with Crippen molar-refractivity contribution in [2.75, 3.05) is 20.3 Å². The molecule has 0 aromatic heterocycles. The average molecular weight is 400 g/mol. The van der Waals surface area contributed by atoms with Crippen molar-refractivity contribution in [1.82, 2.24) is 5.32 Å². The summed E-state index contributed by atoms with van der Waals surface area (Å²) in [6, 6.07) is 4.06. The number of ketones is 1. The lowest BCUT2D eigenvalue weighted by Gasteiger charge is -2.37. The van der Waals surface area contributed by atoms with Crippen LogP contribution >= 0.6 is 0 Å². The van der Waals surface area contributed by atoms with Gasteiger partial charge in [0.15, 0.2) is 5.78 Å². The Kier molecular flexibility index (Phi) is 10.4. The minimum absolute atomic E-state index is 0.0142. The zero-order chi connectivity index (χ0) is 22.0. The molecule has 0 amide bonds. The number of hydrogen-bond donors (Lipinski definition) is 3. The first kappa shape index (κ1) is 24.6. The highest BCUT2D eigenvalue weighted by atomic mass is 16.3. The van der Waals surface area contributed by atoms with E-state index in [4.69, 9.17) is 10.4 Å². The van der Waals surface area contributed by atoms with Gasteiger partial charge in [-0.25, -0.2) is 0 Å². The van der Waals surface area contributed by atoms with E-state index >= 15 is 0 Å². The second kappa shape index (κ2) is 12.2. The van der Waals surface area contributed by atoms with E-state index in [-0.39, 0.29) is 30.6 Å². The molecular formula is C23H33N3O3. The van der Waals surface area contributed by atoms with Crippen LogP contribution in [-0.2, 0) is 4.79 Å². The fourth-order valence-electron chi connectivity index (χ4n) is 3.74. The van der Waals surface area contributed by atoms with Crippen LogP contribution in [-0.4, -0.2) is 36.3 Å². The summed E-state index contributed by atoms with van der Waals surface area (Å²) in [5.41, 5.74) is 2.16. The van der Waals surface area contributed by atoms with Gasteiger partial charge in [-0.3, -0.25) is 4.79 Å². The zero-order valence-electron chi connectivity index (χ0n) is 17.7. The van der Waals surface area contributed by atoms with Crippen molar-refractivity contribution >= 4 is 5.78 Å². The first-order valence-corrected chi connectivity index (χ1v) is 10.1. The molecule has 0 spiro atoms. The minimum atomic E-state index is -0.534. The third kappa shape index (κ3) is 7.16. The lowest BCUT2D eigenvalue weighted by Crippen LogP contribution is -2.43. The fourth-order valence-corrected chi connectivity index (χ4v) is 3.74. The molecule has 0 aromatic rings. The third-order valence-corrected chi connectivity index (χ3v) is 5.55. The summed E-state index contributed by atoms with van der Waals surface area (Å²) in [6.45, 7) is 8.43. The van der Waals surface area contributed by atoms with Gasteiger partial charge in [0.1, 0.15) is 0 Å². The summed E-state index contributed by atoms with van der Waals surface area (Å²) in [6.07, 6.45) is 6.55. The predicted octanol–water partition coefficient (Wildman–Crippen LogP) is 2.87. The number of aliphatic hydroxyl groups excluding tert-OH is 2. The molecule has 6 nitrogen and oxygen atoms in total. The maximum atomic E-state index is 13.1. The first-order valence-electron chi connectivity index (χ1n) is 10.1. The Morgan fingerprint density at radius 2 is 2.00 bits per heavy atom. The molecule has 3 atom stereocenters. The van der Waals surface area contributed by atoms with Gasteiger partial charge in [-0.05, 0) is 48.7 Å². The summed E-state index contributed by atoms with van der Waals surface area (Å²) in [5, 5.41) is 38.2. The molecule has 1 fully saturated rings. The van der Waals surface area contributed by atoms with E-state index in [1.54, 1.807) is 6.08 Å². The molecule has 2 rings (SSSR count). The van der Waals surface area contributed by atoms with Gasteiger partial charge in [0, 0.05) is 37.3 Å². The number of rotatable bonds is 9. The highest BCUT2D eigenvalue weighted by Gasteiger charge is 2.39. The topological polar surface area (TPSA) is 117 Å². The van der Waals surface area contributed by atoms with Crippen molar-refractivity contribution in [2.24, 2.45) is 29.6 Å². The number of aliphatic hydroxyl groups is 2. The Bertz CT molecular complexity index is 721. The molecule has 0 aromatic carbocycles. The number of allylic oxidation sites excluding steroid dienone is 4. The van der Waals surface area contributed by atoms with Gasteiger partial charge < -0.3 is 15.5 Å². The number of carbonyl (C=O) groups is 1. The molecule has 0 saturated heterocycles. The summed E-state index contributed by atoms with van der Waals surface area (Å²) in [4.78, 5) is 13.1. The van der Waals surface area contributed by atoms with Crippen LogP contribution in [0.2, 0.25) is 0 Å². The Balaban J connectivity index is 0.00000204. The van der Waals surface area contributed by atoms with E-state index in [1.165, 1.54) is 18.9 Å². The normalized spacial score (nSPS) is 22.2. The fraction of sp³-hybridized carbons (Fsp3) is 0.609. The van der Waals surface area contributed by atoms with E-state index in [2.05, 4.69) is 31.8 Å². The van der Waals surface area contributed by atoms with Crippen LogP contribution in [0, 0.1) is 52.3 Å². The summed E-state index contributed by atoms with van der Waals surface area (Å²) in [7, 11) is 1.00. The lowest BCUT2D eigenvalue weighted by molar-refractivity contribution is -0.119. The maximum absolute atomic E-state index is 13.1. The molecule has 3 N–H and O–H groups in total. The summed E-state index contributed by atoms with van der Waals surface area (Å²) in [5.74, 6) is 0.274. The van der Waals surface area contributed by atoms with Crippen molar-refractivity contribution in [3.05, 3.63) is 35.6 Å². The number of hydrogen-bond acceptors (Lipinski definition) is 6. The molecular weight excluding hydrogens is 366 g/mol. The second-order valence-corrected chi connectivity index (χ2v) is 7.99. The van der Waals surface area contributed by atoms with Gasteiger partial charge in [-0.1, -0.05) is 26.5 Å². The first-order chi connectivity index (χ1) is 13.9. The van der Waals surface area contributed by atoms with Crippen LogP contribution in [0.5, 0.6) is 0 Å². The Hall–Kier alpha value is -2.41. The SMILES string of the molecule is C=C(C#N)CC(C#N)/C=C/C(=O)C1C(CC2CC2)=C(CO)NCC1C(C)C.CO. The highest BCUT2D eigenvalue weighted by molar-refractivity contribution is 5.94. The summed E-state index contributed by atoms with van der Waals surface area (Å²) < 4.78 is 0. The number of nitriles is 2. The van der Waals surface area contributed by atoms with E-state index in [9.17, 15) is 15.2 Å². The molecule has 3 unspecified atom stereocenters. The van der Waals surface area contributed by atoms with Gasteiger partial charge in [0.25, 0.3) is 0 Å². The molecule has 158 valence electrons. The summed E-state index contributed by atoms with van der Waals surface area (Å²) >= 11 is 0. The Morgan fingerprint density at radius 3 is 2.48 bits per heavy atom. The van der Waals surface area contributed by atoms with Gasteiger partial charge in [0.05, 0.1) is 24.7 Å². The standard InChI is InChI=1S/C22H29N3O2.CH4O/c1-14(2)19-12-25-20(13-26)18(9-16-4-5-16)22(19)21(27)7-6-17(11-24)8-15(3)10-23;1-2/h6-7,14,16-17,19,22,25-26H,3-5,8-9,12-13H2,1-2H3;2H,1H3/b7-6+;. The van der Waals surface area contributed by atoms with Crippen molar-refractivity contribution in [1.29, 1.82) is 10.5 Å². The molecule has 1 aliphatic carbocycles. The van der Waals surface area contributed by atoms with Gasteiger partial charge in [0.2, 0.25) is 0 Å². The maximum Gasteiger partial charge on any atom is 0.162 e. The molecule has 6 heteroatoms. The van der Waals surface area contributed by atoms with Crippen molar-refractivity contribution in [3.8, 4) is 12.1 Å². The average Bonchev–Trinajstić information content (AvgIpc) is 3.55. The lowest BCUT2D eigenvalue weighted by atomic mass is 9.72. The monoisotopic (exact) mass is 399 g/mol. The van der Waals surface area contributed by atoms with E-state index < -0.39 is 5.92 Å². The number of nitrogens with one attached hydrogen (secondary N) is 1. The molecule has 2 aliphatic rings. The molecule has 1 saturated carbocycles. The van der Waals surface area contributed by atoms with Crippen molar-refractivity contribution in [2.45, 2.75) is 39.5 Å². The van der Waals surface area contributed by atoms with Gasteiger partial charge in [-0.15, -0.1) is 0 Å². The van der Waals surface area contributed by atoms with Crippen molar-refractivity contribution < 1.29 is 15.0 Å². The van der Waals surface area contributed by atoms with Crippen LogP contribution in [0.15, 0.2) is 35.6 Å². The van der Waals surface area contributed by atoms with Crippen LogP contribution in [0.1, 0.15) is 39.5 Å². The molecule has 1 aliphatic heterocycles. The molecule has 29 heavy (non-hydrogen) atoms. The van der Waals surface area contributed by atoms with Crippen LogP contribution in [0.3, 0.4) is 0 Å². The molecule has 0 radical (unpaired) electrons. The van der Waals surface area contributed by atoms with E-state index in [1.807, 2.05) is 6.07 Å². The highest BCUT2D eigenvalue weighted by Crippen LogP contribution is 2.42. The third-order valence-electron chi connectivity index (χ3n) is 5.55. The second-order valence-electron chi connectivity index (χ2n) is 7.99. The number of carbonyl (C=O) groups excluding carboxylic acids is 1. The van der Waals surface area contributed by atoms with Gasteiger partial charge >= 0.3 is 0 Å². The van der Waals surface area contributed by atoms with Crippen molar-refractivity contribution in [3.63, 3.8) is 0 Å². The largest absolute Gasteiger partial charge is 0.400 e. The van der Waals surface area contributed by atoms with Crippen LogP contribution in [0.4, 0.5) is 0 Å². The Morgan fingerprint density at radius 1 is 1.34 bits per heavy atom. The number of nitrogens with zero attached hydrogens (tertiary/aromatic N) is 2. The van der Waals surface area contributed by atoms with Crippen LogP contribution < -0.4 is 5.32 Å². The predicted molar refractivity (Wildman–Crippen MR) is 112 cm³/mol. The van der Waals surface area contributed by atoms with Gasteiger partial charge in [-0.2, -0.15) is 10.5 Å². The van der Waals surface area contributed by atoms with E-state index in [0.29, 0.717) is 24.0 Å². The van der Waals surface area contributed by atoms with Crippen LogP contribution in [0.25, 0.3) is 0 Å². The zero-order valence-corrected chi connectivity index (χ0v) is 17.7.